The highest BCUT2D eigenvalue weighted by Gasteiger charge is 2.45. The van der Waals surface area contributed by atoms with Crippen LogP contribution >= 0.6 is 12.2 Å². The van der Waals surface area contributed by atoms with Crippen LogP contribution < -0.4 is 5.32 Å². The van der Waals surface area contributed by atoms with Gasteiger partial charge >= 0.3 is 0 Å². The van der Waals surface area contributed by atoms with E-state index in [2.05, 4.69) is 29.4 Å². The highest BCUT2D eigenvalue weighted by molar-refractivity contribution is 7.71. The first-order valence-corrected chi connectivity index (χ1v) is 7.95. The maximum atomic E-state index is 12.1. The summed E-state index contributed by atoms with van der Waals surface area (Å²) < 4.78 is 7.89. The molecule has 1 saturated carbocycles. The van der Waals surface area contributed by atoms with Crippen LogP contribution in [0.25, 0.3) is 0 Å². The minimum atomic E-state index is 0.0352. The SMILES string of the molecule is CC(C)c1n[nH]c(=S)n1CCNC(=O)C1CC1c1ccco1. The molecule has 2 atom stereocenters. The predicted molar refractivity (Wildman–Crippen MR) is 84.1 cm³/mol. The van der Waals surface area contributed by atoms with Gasteiger partial charge in [-0.1, -0.05) is 13.8 Å². The Morgan fingerprint density at radius 3 is 3.14 bits per heavy atom. The number of aromatic amines is 1. The molecule has 0 radical (unpaired) electrons. The second-order valence-electron chi connectivity index (χ2n) is 5.95. The Kier molecular flexibility index (Phi) is 4.15. The van der Waals surface area contributed by atoms with Gasteiger partial charge in [-0.15, -0.1) is 0 Å². The van der Waals surface area contributed by atoms with E-state index in [0.29, 0.717) is 17.9 Å². The van der Waals surface area contributed by atoms with Crippen LogP contribution in [0.3, 0.4) is 0 Å². The first-order valence-electron chi connectivity index (χ1n) is 7.54. The molecule has 22 heavy (non-hydrogen) atoms. The quantitative estimate of drug-likeness (QED) is 0.802. The molecule has 1 amide bonds. The molecule has 0 saturated heterocycles. The third-order valence-corrected chi connectivity index (χ3v) is 4.29. The van der Waals surface area contributed by atoms with Gasteiger partial charge in [-0.05, 0) is 30.8 Å². The van der Waals surface area contributed by atoms with Crippen LogP contribution in [0.2, 0.25) is 0 Å². The Labute approximate surface area is 133 Å². The summed E-state index contributed by atoms with van der Waals surface area (Å²) in [5.74, 6) is 2.46. The standard InChI is InChI=1S/C15H20N4O2S/c1-9(2)13-17-18-15(22)19(13)6-5-16-14(20)11-8-10(11)12-4-3-7-21-12/h3-4,7,9-11H,5-6,8H2,1-2H3,(H,16,20)(H,18,22). The second kappa shape index (κ2) is 6.08. The van der Waals surface area contributed by atoms with Crippen LogP contribution in [0.5, 0.6) is 0 Å². The van der Waals surface area contributed by atoms with Crippen molar-refractivity contribution in [1.29, 1.82) is 0 Å². The first-order chi connectivity index (χ1) is 10.6. The van der Waals surface area contributed by atoms with Crippen molar-refractivity contribution in [3.8, 4) is 0 Å². The van der Waals surface area contributed by atoms with Crippen LogP contribution in [0.15, 0.2) is 22.8 Å². The van der Waals surface area contributed by atoms with Gasteiger partial charge < -0.3 is 14.3 Å². The Morgan fingerprint density at radius 2 is 2.45 bits per heavy atom. The van der Waals surface area contributed by atoms with Crippen molar-refractivity contribution in [2.75, 3.05) is 6.54 Å². The number of hydrogen-bond acceptors (Lipinski definition) is 4. The van der Waals surface area contributed by atoms with E-state index in [4.69, 9.17) is 16.6 Å². The lowest BCUT2D eigenvalue weighted by Crippen LogP contribution is -2.29. The Hall–Kier alpha value is -1.89. The van der Waals surface area contributed by atoms with E-state index in [9.17, 15) is 4.79 Å². The Balaban J connectivity index is 1.51. The molecule has 118 valence electrons. The molecule has 2 aromatic rings. The van der Waals surface area contributed by atoms with E-state index in [-0.39, 0.29) is 23.7 Å². The maximum absolute atomic E-state index is 12.1. The van der Waals surface area contributed by atoms with Crippen molar-refractivity contribution >= 4 is 18.1 Å². The minimum absolute atomic E-state index is 0.0352. The molecule has 3 rings (SSSR count). The summed E-state index contributed by atoms with van der Waals surface area (Å²) in [6.07, 6.45) is 2.51. The van der Waals surface area contributed by atoms with Crippen molar-refractivity contribution in [3.63, 3.8) is 0 Å². The van der Waals surface area contributed by atoms with Crippen LogP contribution in [-0.2, 0) is 11.3 Å². The molecule has 1 fully saturated rings. The van der Waals surface area contributed by atoms with Gasteiger partial charge in [0.2, 0.25) is 5.91 Å². The largest absolute Gasteiger partial charge is 0.469 e. The van der Waals surface area contributed by atoms with E-state index in [0.717, 1.165) is 18.0 Å². The van der Waals surface area contributed by atoms with Crippen molar-refractivity contribution in [3.05, 3.63) is 34.8 Å². The molecule has 0 aliphatic heterocycles. The molecule has 0 spiro atoms. The number of amides is 1. The van der Waals surface area contributed by atoms with Gasteiger partial charge in [0.15, 0.2) is 4.77 Å². The lowest BCUT2D eigenvalue weighted by Gasteiger charge is -2.10. The van der Waals surface area contributed by atoms with Gasteiger partial charge in [-0.3, -0.25) is 9.89 Å². The van der Waals surface area contributed by atoms with Crippen molar-refractivity contribution in [2.45, 2.75) is 38.6 Å². The minimum Gasteiger partial charge on any atom is -0.469 e. The molecular formula is C15H20N4O2S. The number of aromatic nitrogens is 3. The summed E-state index contributed by atoms with van der Waals surface area (Å²) >= 11 is 5.23. The zero-order valence-electron chi connectivity index (χ0n) is 12.7. The number of nitrogens with one attached hydrogen (secondary N) is 2. The molecule has 1 aliphatic rings. The molecule has 2 heterocycles. The molecule has 2 aromatic heterocycles. The summed E-state index contributed by atoms with van der Waals surface area (Å²) in [5.41, 5.74) is 0. The third-order valence-electron chi connectivity index (χ3n) is 3.97. The van der Waals surface area contributed by atoms with Crippen LogP contribution in [0, 0.1) is 10.7 Å². The summed E-state index contributed by atoms with van der Waals surface area (Å²) in [5, 5.41) is 10.0. The highest BCUT2D eigenvalue weighted by Crippen LogP contribution is 2.47. The number of carbonyl (C=O) groups excluding carboxylic acids is 1. The maximum Gasteiger partial charge on any atom is 0.223 e. The smallest absolute Gasteiger partial charge is 0.223 e. The average Bonchev–Trinajstić information content (AvgIpc) is 2.92. The highest BCUT2D eigenvalue weighted by atomic mass is 32.1. The third kappa shape index (κ3) is 2.99. The molecule has 0 bridgehead atoms. The number of H-pyrrole nitrogens is 1. The van der Waals surface area contributed by atoms with Gasteiger partial charge in [-0.2, -0.15) is 5.10 Å². The average molecular weight is 320 g/mol. The topological polar surface area (TPSA) is 75.8 Å². The molecule has 2 N–H and O–H groups in total. The summed E-state index contributed by atoms with van der Waals surface area (Å²) in [6, 6.07) is 3.79. The van der Waals surface area contributed by atoms with Crippen LogP contribution in [0.1, 0.15) is 43.7 Å². The lowest BCUT2D eigenvalue weighted by atomic mass is 10.2. The molecular weight excluding hydrogens is 300 g/mol. The van der Waals surface area contributed by atoms with Crippen molar-refractivity contribution in [1.82, 2.24) is 20.1 Å². The number of nitrogens with zero attached hydrogens (tertiary/aromatic N) is 2. The van der Waals surface area contributed by atoms with E-state index in [1.54, 1.807) is 6.26 Å². The van der Waals surface area contributed by atoms with E-state index >= 15 is 0 Å². The molecule has 2 unspecified atom stereocenters. The lowest BCUT2D eigenvalue weighted by molar-refractivity contribution is -0.122. The van der Waals surface area contributed by atoms with Gasteiger partial charge in [0, 0.05) is 30.8 Å². The summed E-state index contributed by atoms with van der Waals surface area (Å²) in [7, 11) is 0. The zero-order chi connectivity index (χ0) is 15.7. The fourth-order valence-corrected chi connectivity index (χ4v) is 2.94. The van der Waals surface area contributed by atoms with Gasteiger partial charge in [0.1, 0.15) is 11.6 Å². The van der Waals surface area contributed by atoms with Crippen molar-refractivity contribution in [2.24, 2.45) is 5.92 Å². The Morgan fingerprint density at radius 1 is 1.64 bits per heavy atom. The van der Waals surface area contributed by atoms with Crippen LogP contribution in [-0.4, -0.2) is 27.2 Å². The second-order valence-corrected chi connectivity index (χ2v) is 6.34. The molecule has 6 nitrogen and oxygen atoms in total. The number of furan rings is 1. The van der Waals surface area contributed by atoms with E-state index in [1.807, 2.05) is 16.7 Å². The fraction of sp³-hybridized carbons (Fsp3) is 0.533. The van der Waals surface area contributed by atoms with Gasteiger partial charge in [0.25, 0.3) is 0 Å². The van der Waals surface area contributed by atoms with E-state index in [1.165, 1.54) is 0 Å². The normalized spacial score (nSPS) is 20.3. The molecule has 1 aliphatic carbocycles. The van der Waals surface area contributed by atoms with Gasteiger partial charge in [0.05, 0.1) is 6.26 Å². The number of carbonyl (C=O) groups is 1. The summed E-state index contributed by atoms with van der Waals surface area (Å²) in [6.45, 7) is 5.32. The monoisotopic (exact) mass is 320 g/mol. The number of rotatable bonds is 6. The summed E-state index contributed by atoms with van der Waals surface area (Å²) in [4.78, 5) is 12.1. The van der Waals surface area contributed by atoms with Crippen molar-refractivity contribution < 1.29 is 9.21 Å². The van der Waals surface area contributed by atoms with Crippen LogP contribution in [0.4, 0.5) is 0 Å². The molecule has 0 aromatic carbocycles. The molecule has 7 heteroatoms. The van der Waals surface area contributed by atoms with E-state index < -0.39 is 0 Å². The predicted octanol–water partition coefficient (Wildman–Crippen LogP) is 2.58. The zero-order valence-corrected chi connectivity index (χ0v) is 13.5. The van der Waals surface area contributed by atoms with Gasteiger partial charge in [-0.25, -0.2) is 0 Å². The first kappa shape index (κ1) is 15.0. The Bertz CT molecular complexity index is 701. The fourth-order valence-electron chi connectivity index (χ4n) is 2.71. The number of hydrogen-bond donors (Lipinski definition) is 2.